The van der Waals surface area contributed by atoms with Gasteiger partial charge in [0.15, 0.2) is 0 Å². The zero-order valence-electron chi connectivity index (χ0n) is 13.1. The SMILES string of the molecule is c1cncc(OC[C@H]2CCOC23CN(Cc2ccncc2)C3)c1. The van der Waals surface area contributed by atoms with Gasteiger partial charge in [0.05, 0.1) is 18.4 Å². The summed E-state index contributed by atoms with van der Waals surface area (Å²) in [7, 11) is 0. The molecule has 5 heteroatoms. The first-order valence-corrected chi connectivity index (χ1v) is 8.12. The average Bonchev–Trinajstić information content (AvgIpc) is 2.98. The van der Waals surface area contributed by atoms with Crippen LogP contribution in [0.5, 0.6) is 5.75 Å². The molecule has 2 saturated heterocycles. The van der Waals surface area contributed by atoms with Crippen molar-refractivity contribution in [2.75, 3.05) is 26.3 Å². The third-order valence-electron chi connectivity index (χ3n) is 4.82. The molecular formula is C18H21N3O2. The van der Waals surface area contributed by atoms with Gasteiger partial charge >= 0.3 is 0 Å². The first-order chi connectivity index (χ1) is 11.3. The van der Waals surface area contributed by atoms with E-state index in [1.165, 1.54) is 5.56 Å². The largest absolute Gasteiger partial charge is 0.492 e. The zero-order chi connectivity index (χ0) is 15.5. The van der Waals surface area contributed by atoms with Crippen LogP contribution in [0.15, 0.2) is 49.1 Å². The summed E-state index contributed by atoms with van der Waals surface area (Å²) in [5.74, 6) is 1.29. The molecule has 2 aromatic rings. The first kappa shape index (κ1) is 14.6. The minimum absolute atomic E-state index is 0.0186. The van der Waals surface area contributed by atoms with E-state index in [-0.39, 0.29) is 5.60 Å². The van der Waals surface area contributed by atoms with E-state index < -0.39 is 0 Å². The van der Waals surface area contributed by atoms with Crippen LogP contribution in [0.4, 0.5) is 0 Å². The molecule has 2 aliphatic rings. The predicted molar refractivity (Wildman–Crippen MR) is 86.0 cm³/mol. The van der Waals surface area contributed by atoms with Crippen LogP contribution in [0.3, 0.4) is 0 Å². The third-order valence-corrected chi connectivity index (χ3v) is 4.82. The Bertz CT molecular complexity index is 629. The van der Waals surface area contributed by atoms with Crippen molar-refractivity contribution < 1.29 is 9.47 Å². The fraction of sp³-hybridized carbons (Fsp3) is 0.444. The van der Waals surface area contributed by atoms with Gasteiger partial charge in [-0.3, -0.25) is 14.9 Å². The second-order valence-electron chi connectivity index (χ2n) is 6.40. The van der Waals surface area contributed by atoms with E-state index in [1.807, 2.05) is 24.5 Å². The molecule has 2 fully saturated rings. The van der Waals surface area contributed by atoms with Crippen LogP contribution in [0.25, 0.3) is 0 Å². The van der Waals surface area contributed by atoms with Gasteiger partial charge < -0.3 is 9.47 Å². The summed E-state index contributed by atoms with van der Waals surface area (Å²) in [6.07, 6.45) is 8.29. The normalized spacial score (nSPS) is 22.9. The molecule has 4 rings (SSSR count). The van der Waals surface area contributed by atoms with Gasteiger partial charge in [-0.15, -0.1) is 0 Å². The Morgan fingerprint density at radius 1 is 1.17 bits per heavy atom. The molecule has 0 unspecified atom stereocenters. The quantitative estimate of drug-likeness (QED) is 0.847. The number of hydrogen-bond donors (Lipinski definition) is 0. The standard InChI is InChI=1S/C18H21N3O2/c1-2-17(10-20-6-1)22-12-16-5-9-23-18(16)13-21(14-18)11-15-3-7-19-8-4-15/h1-4,6-8,10,16H,5,9,11-14H2/t16-/m1/s1. The molecule has 23 heavy (non-hydrogen) atoms. The van der Waals surface area contributed by atoms with Crippen molar-refractivity contribution in [3.63, 3.8) is 0 Å². The van der Waals surface area contributed by atoms with Crippen LogP contribution in [0.1, 0.15) is 12.0 Å². The van der Waals surface area contributed by atoms with E-state index in [2.05, 4.69) is 27.0 Å². The molecule has 2 aliphatic heterocycles. The molecule has 1 atom stereocenters. The minimum Gasteiger partial charge on any atom is -0.492 e. The van der Waals surface area contributed by atoms with Crippen molar-refractivity contribution in [3.8, 4) is 5.75 Å². The molecular weight excluding hydrogens is 290 g/mol. The van der Waals surface area contributed by atoms with Gasteiger partial charge in [0.1, 0.15) is 5.75 Å². The summed E-state index contributed by atoms with van der Waals surface area (Å²) in [6.45, 7) is 4.47. The Kier molecular flexibility index (Phi) is 3.97. The van der Waals surface area contributed by atoms with Gasteiger partial charge in [0.25, 0.3) is 0 Å². The fourth-order valence-corrected chi connectivity index (χ4v) is 3.57. The van der Waals surface area contributed by atoms with E-state index in [4.69, 9.17) is 9.47 Å². The molecule has 4 heterocycles. The molecule has 0 aromatic carbocycles. The van der Waals surface area contributed by atoms with Gasteiger partial charge in [-0.1, -0.05) is 0 Å². The molecule has 0 aliphatic carbocycles. The van der Waals surface area contributed by atoms with Crippen LogP contribution >= 0.6 is 0 Å². The molecule has 0 bridgehead atoms. The lowest BCUT2D eigenvalue weighted by Crippen LogP contribution is -2.64. The van der Waals surface area contributed by atoms with Gasteiger partial charge in [-0.2, -0.15) is 0 Å². The van der Waals surface area contributed by atoms with Crippen LogP contribution in [-0.4, -0.2) is 46.8 Å². The maximum Gasteiger partial charge on any atom is 0.137 e. The molecule has 120 valence electrons. The summed E-state index contributed by atoms with van der Waals surface area (Å²) in [4.78, 5) is 10.6. The number of aromatic nitrogens is 2. The maximum atomic E-state index is 6.10. The minimum atomic E-state index is -0.0186. The van der Waals surface area contributed by atoms with Crippen molar-refractivity contribution >= 4 is 0 Å². The topological polar surface area (TPSA) is 47.5 Å². The Morgan fingerprint density at radius 2 is 2.04 bits per heavy atom. The highest BCUT2D eigenvalue weighted by Gasteiger charge is 2.53. The second-order valence-corrected chi connectivity index (χ2v) is 6.40. The predicted octanol–water partition coefficient (Wildman–Crippen LogP) is 2.15. The summed E-state index contributed by atoms with van der Waals surface area (Å²) in [5, 5.41) is 0. The Hall–Kier alpha value is -1.98. The van der Waals surface area contributed by atoms with Gasteiger partial charge in [0.2, 0.25) is 0 Å². The van der Waals surface area contributed by atoms with Crippen molar-refractivity contribution in [1.29, 1.82) is 0 Å². The van der Waals surface area contributed by atoms with Crippen molar-refractivity contribution in [3.05, 3.63) is 54.6 Å². The molecule has 1 spiro atoms. The lowest BCUT2D eigenvalue weighted by atomic mass is 9.81. The first-order valence-electron chi connectivity index (χ1n) is 8.12. The van der Waals surface area contributed by atoms with Gasteiger partial charge in [-0.25, -0.2) is 0 Å². The summed E-state index contributed by atoms with van der Waals surface area (Å²) >= 11 is 0. The third kappa shape index (κ3) is 3.07. The van der Waals surface area contributed by atoms with Crippen LogP contribution in [0.2, 0.25) is 0 Å². The zero-order valence-corrected chi connectivity index (χ0v) is 13.1. The average molecular weight is 311 g/mol. The van der Waals surface area contributed by atoms with E-state index in [0.29, 0.717) is 12.5 Å². The Balaban J connectivity index is 1.32. The highest BCUT2D eigenvalue weighted by molar-refractivity contribution is 5.16. The Labute approximate surface area is 136 Å². The van der Waals surface area contributed by atoms with Gasteiger partial charge in [-0.05, 0) is 36.2 Å². The molecule has 0 amide bonds. The van der Waals surface area contributed by atoms with E-state index in [1.54, 1.807) is 12.4 Å². The van der Waals surface area contributed by atoms with Crippen LogP contribution in [-0.2, 0) is 11.3 Å². The molecule has 5 nitrogen and oxygen atoms in total. The van der Waals surface area contributed by atoms with E-state index >= 15 is 0 Å². The number of nitrogens with zero attached hydrogens (tertiary/aromatic N) is 3. The highest BCUT2D eigenvalue weighted by Crippen LogP contribution is 2.40. The Morgan fingerprint density at radius 3 is 2.83 bits per heavy atom. The van der Waals surface area contributed by atoms with Crippen molar-refractivity contribution in [1.82, 2.24) is 14.9 Å². The summed E-state index contributed by atoms with van der Waals surface area (Å²) < 4.78 is 12.0. The lowest BCUT2D eigenvalue weighted by Gasteiger charge is -2.50. The number of hydrogen-bond acceptors (Lipinski definition) is 5. The fourth-order valence-electron chi connectivity index (χ4n) is 3.57. The summed E-state index contributed by atoms with van der Waals surface area (Å²) in [5.41, 5.74) is 1.28. The molecule has 0 N–H and O–H groups in total. The highest BCUT2D eigenvalue weighted by atomic mass is 16.5. The smallest absolute Gasteiger partial charge is 0.137 e. The lowest BCUT2D eigenvalue weighted by molar-refractivity contribution is -0.140. The number of likely N-dealkylation sites (tertiary alicyclic amines) is 1. The molecule has 0 radical (unpaired) electrons. The summed E-state index contributed by atoms with van der Waals surface area (Å²) in [6, 6.07) is 8.00. The van der Waals surface area contributed by atoms with E-state index in [9.17, 15) is 0 Å². The second kappa shape index (κ2) is 6.26. The van der Waals surface area contributed by atoms with Crippen LogP contribution in [0, 0.1) is 5.92 Å². The van der Waals surface area contributed by atoms with E-state index in [0.717, 1.165) is 38.4 Å². The molecule has 0 saturated carbocycles. The van der Waals surface area contributed by atoms with Crippen molar-refractivity contribution in [2.45, 2.75) is 18.6 Å². The van der Waals surface area contributed by atoms with Crippen molar-refractivity contribution in [2.24, 2.45) is 5.92 Å². The number of pyridine rings is 2. The monoisotopic (exact) mass is 311 g/mol. The number of ether oxygens (including phenoxy) is 2. The molecule has 2 aromatic heterocycles. The number of rotatable bonds is 5. The van der Waals surface area contributed by atoms with Crippen LogP contribution < -0.4 is 4.74 Å². The maximum absolute atomic E-state index is 6.10. The van der Waals surface area contributed by atoms with Gasteiger partial charge in [0, 0.05) is 50.7 Å².